The Bertz CT molecular complexity index is 411. The fourth-order valence-corrected chi connectivity index (χ4v) is 3.49. The van der Waals surface area contributed by atoms with Crippen LogP contribution in [0.3, 0.4) is 0 Å². The van der Waals surface area contributed by atoms with Gasteiger partial charge in [-0.15, -0.1) is 11.3 Å². The fourth-order valence-electron chi connectivity index (χ4n) is 2.05. The average molecular weight is 285 g/mol. The zero-order valence-corrected chi connectivity index (χ0v) is 12.4. The molecule has 100 valence electrons. The molecule has 2 N–H and O–H groups in total. The minimum absolute atomic E-state index is 0.0534. The van der Waals surface area contributed by atoms with Crippen molar-refractivity contribution in [3.63, 3.8) is 0 Å². The minimum atomic E-state index is -0.0984. The van der Waals surface area contributed by atoms with Crippen LogP contribution in [-0.2, 0) is 0 Å². The van der Waals surface area contributed by atoms with Gasteiger partial charge in [-0.3, -0.25) is 4.79 Å². The van der Waals surface area contributed by atoms with Gasteiger partial charge in [-0.25, -0.2) is 4.98 Å². The molecule has 4 nitrogen and oxygen atoms in total. The molecule has 1 amide bonds. The highest BCUT2D eigenvalue weighted by Gasteiger charge is 2.24. The van der Waals surface area contributed by atoms with Crippen molar-refractivity contribution in [1.82, 2.24) is 9.88 Å². The fraction of sp³-hybridized carbons (Fsp3) is 0.667. The maximum atomic E-state index is 12.3. The smallest absolute Gasteiger partial charge is 0.273 e. The molecule has 0 aromatic carbocycles. The molecule has 2 rings (SSSR count). The number of aromatic nitrogens is 1. The Morgan fingerprint density at radius 3 is 2.78 bits per heavy atom. The number of likely N-dealkylation sites (tertiary alicyclic amines) is 1. The lowest BCUT2D eigenvalue weighted by atomic mass is 10.1. The number of nitrogens with zero attached hydrogens (tertiary/aromatic N) is 2. The van der Waals surface area contributed by atoms with E-state index in [4.69, 9.17) is 5.73 Å². The van der Waals surface area contributed by atoms with E-state index in [1.54, 1.807) is 0 Å². The predicted molar refractivity (Wildman–Crippen MR) is 77.2 cm³/mol. The second-order valence-electron chi connectivity index (χ2n) is 4.59. The van der Waals surface area contributed by atoms with E-state index in [1.807, 2.05) is 29.0 Å². The number of hydrogen-bond acceptors (Lipinski definition) is 5. The van der Waals surface area contributed by atoms with Crippen LogP contribution in [0.2, 0.25) is 0 Å². The summed E-state index contributed by atoms with van der Waals surface area (Å²) in [5, 5.41) is 3.35. The van der Waals surface area contributed by atoms with Gasteiger partial charge in [-0.05, 0) is 26.0 Å². The van der Waals surface area contributed by atoms with Crippen molar-refractivity contribution < 1.29 is 4.79 Å². The maximum Gasteiger partial charge on any atom is 0.273 e. The van der Waals surface area contributed by atoms with E-state index in [0.717, 1.165) is 30.9 Å². The Hall–Kier alpha value is -0.590. The largest absolute Gasteiger partial charge is 0.337 e. The average Bonchev–Trinajstić information content (AvgIpc) is 2.88. The first-order valence-electron chi connectivity index (χ1n) is 6.15. The molecule has 1 atom stereocenters. The first-order valence-corrected chi connectivity index (χ1v) is 8.31. The van der Waals surface area contributed by atoms with Gasteiger partial charge < -0.3 is 10.6 Å². The van der Waals surface area contributed by atoms with Gasteiger partial charge in [0, 0.05) is 23.7 Å². The molecule has 1 aliphatic rings. The lowest BCUT2D eigenvalue weighted by Crippen LogP contribution is -2.39. The number of thioether (sulfide) groups is 1. The van der Waals surface area contributed by atoms with E-state index in [9.17, 15) is 4.79 Å². The second kappa shape index (κ2) is 6.04. The van der Waals surface area contributed by atoms with Crippen LogP contribution in [0.25, 0.3) is 0 Å². The molecule has 18 heavy (non-hydrogen) atoms. The third kappa shape index (κ3) is 3.05. The molecule has 0 spiro atoms. The van der Waals surface area contributed by atoms with Crippen molar-refractivity contribution in [3.8, 4) is 0 Å². The number of rotatable bonds is 3. The first kappa shape index (κ1) is 13.8. The molecular weight excluding hydrogens is 266 g/mol. The molecule has 2 heterocycles. The van der Waals surface area contributed by atoms with Gasteiger partial charge in [0.15, 0.2) is 0 Å². The van der Waals surface area contributed by atoms with Gasteiger partial charge in [-0.1, -0.05) is 0 Å². The summed E-state index contributed by atoms with van der Waals surface area (Å²) in [5.41, 5.74) is 6.31. The molecule has 1 aliphatic heterocycles. The van der Waals surface area contributed by atoms with Gasteiger partial charge in [-0.2, -0.15) is 11.8 Å². The third-order valence-corrected chi connectivity index (χ3v) is 5.38. The number of hydrogen-bond donors (Lipinski definition) is 1. The molecule has 0 radical (unpaired) electrons. The number of amides is 1. The number of carbonyl (C=O) groups excluding carboxylic acids is 1. The van der Waals surface area contributed by atoms with E-state index in [-0.39, 0.29) is 11.9 Å². The van der Waals surface area contributed by atoms with Crippen LogP contribution in [-0.4, -0.2) is 40.4 Å². The standard InChI is InChI=1S/C12H19N3OS2/c1-8(13)11-14-10(7-18-11)12(16)15-5-3-9(17-2)4-6-15/h7-9H,3-6,13H2,1-2H3. The van der Waals surface area contributed by atoms with Crippen molar-refractivity contribution in [2.45, 2.75) is 31.1 Å². The summed E-state index contributed by atoms with van der Waals surface area (Å²) >= 11 is 3.36. The SMILES string of the molecule is CSC1CCN(C(=O)c2csc(C(C)N)n2)CC1. The number of piperidine rings is 1. The van der Waals surface area contributed by atoms with Crippen molar-refractivity contribution >= 4 is 29.0 Å². The number of nitrogens with two attached hydrogens (primary N) is 1. The third-order valence-electron chi connectivity index (χ3n) is 3.19. The summed E-state index contributed by atoms with van der Waals surface area (Å²) in [4.78, 5) is 18.5. The minimum Gasteiger partial charge on any atom is -0.337 e. The molecule has 0 aliphatic carbocycles. The molecule has 0 bridgehead atoms. The summed E-state index contributed by atoms with van der Waals surface area (Å²) in [6, 6.07) is -0.0984. The van der Waals surface area contributed by atoms with Crippen LogP contribution >= 0.6 is 23.1 Å². The normalized spacial score (nSPS) is 18.9. The molecule has 1 aromatic rings. The lowest BCUT2D eigenvalue weighted by Gasteiger charge is -2.30. The van der Waals surface area contributed by atoms with Gasteiger partial charge in [0.2, 0.25) is 0 Å². The Balaban J connectivity index is 1.98. The molecule has 1 fully saturated rings. The highest BCUT2D eigenvalue weighted by Crippen LogP contribution is 2.23. The number of thiazole rings is 1. The van der Waals surface area contributed by atoms with E-state index in [0.29, 0.717) is 10.9 Å². The summed E-state index contributed by atoms with van der Waals surface area (Å²) < 4.78 is 0. The van der Waals surface area contributed by atoms with E-state index in [1.165, 1.54) is 11.3 Å². The molecule has 6 heteroatoms. The summed E-state index contributed by atoms with van der Waals surface area (Å²) in [6.07, 6.45) is 4.30. The topological polar surface area (TPSA) is 59.2 Å². The van der Waals surface area contributed by atoms with Crippen molar-refractivity contribution in [2.75, 3.05) is 19.3 Å². The predicted octanol–water partition coefficient (Wildman–Crippen LogP) is 2.13. The van der Waals surface area contributed by atoms with Crippen molar-refractivity contribution in [2.24, 2.45) is 5.73 Å². The van der Waals surface area contributed by atoms with Crippen molar-refractivity contribution in [3.05, 3.63) is 16.1 Å². The van der Waals surface area contributed by atoms with E-state index in [2.05, 4.69) is 11.2 Å². The molecule has 1 aromatic heterocycles. The highest BCUT2D eigenvalue weighted by atomic mass is 32.2. The molecular formula is C12H19N3OS2. The van der Waals surface area contributed by atoms with Crippen LogP contribution in [0.5, 0.6) is 0 Å². The second-order valence-corrected chi connectivity index (χ2v) is 6.61. The number of carbonyl (C=O) groups is 1. The van der Waals surface area contributed by atoms with Crippen LogP contribution in [0, 0.1) is 0 Å². The van der Waals surface area contributed by atoms with E-state index < -0.39 is 0 Å². The summed E-state index contributed by atoms with van der Waals surface area (Å²) in [7, 11) is 0. The van der Waals surface area contributed by atoms with Crippen LogP contribution in [0.4, 0.5) is 0 Å². The quantitative estimate of drug-likeness (QED) is 0.924. The van der Waals surface area contributed by atoms with Gasteiger partial charge in [0.05, 0.1) is 6.04 Å². The molecule has 0 saturated carbocycles. The Morgan fingerprint density at radius 1 is 1.61 bits per heavy atom. The summed E-state index contributed by atoms with van der Waals surface area (Å²) in [6.45, 7) is 3.57. The monoisotopic (exact) mass is 285 g/mol. The zero-order chi connectivity index (χ0) is 13.1. The zero-order valence-electron chi connectivity index (χ0n) is 10.8. The van der Waals surface area contributed by atoms with Gasteiger partial charge >= 0.3 is 0 Å². The maximum absolute atomic E-state index is 12.3. The van der Waals surface area contributed by atoms with Gasteiger partial charge in [0.25, 0.3) is 5.91 Å². The Kier molecular flexibility index (Phi) is 4.64. The van der Waals surface area contributed by atoms with Crippen LogP contribution in [0.15, 0.2) is 5.38 Å². The molecule has 1 unspecified atom stereocenters. The van der Waals surface area contributed by atoms with Gasteiger partial charge in [0.1, 0.15) is 10.7 Å². The highest BCUT2D eigenvalue weighted by molar-refractivity contribution is 7.99. The van der Waals surface area contributed by atoms with Crippen molar-refractivity contribution in [1.29, 1.82) is 0 Å². The van der Waals surface area contributed by atoms with Crippen LogP contribution in [0.1, 0.15) is 41.3 Å². The van der Waals surface area contributed by atoms with E-state index >= 15 is 0 Å². The molecule has 1 saturated heterocycles. The lowest BCUT2D eigenvalue weighted by molar-refractivity contribution is 0.0722. The summed E-state index contributed by atoms with van der Waals surface area (Å²) in [5.74, 6) is 0.0534. The first-order chi connectivity index (χ1) is 8.61. The Labute approximate surface area is 116 Å². The van der Waals surface area contributed by atoms with Crippen LogP contribution < -0.4 is 5.73 Å². The Morgan fingerprint density at radius 2 is 2.28 bits per heavy atom.